The molecule has 0 unspecified atom stereocenters. The Morgan fingerprint density at radius 3 is 2.55 bits per heavy atom. The van der Waals surface area contributed by atoms with Crippen molar-refractivity contribution in [3.8, 4) is 0 Å². The second-order valence-electron chi connectivity index (χ2n) is 8.64. The average Bonchev–Trinajstić information content (AvgIpc) is 3.57. The largest absolute Gasteiger partial charge is 0.438 e. The van der Waals surface area contributed by atoms with Crippen LogP contribution < -0.4 is 10.6 Å². The number of ether oxygens (including phenoxy) is 1. The normalized spacial score (nSPS) is 16.7. The van der Waals surface area contributed by atoms with Crippen LogP contribution in [0.2, 0.25) is 0 Å². The Balaban J connectivity index is 1.37. The Morgan fingerprint density at radius 1 is 1.03 bits per heavy atom. The van der Waals surface area contributed by atoms with Crippen LogP contribution in [0, 0.1) is 5.82 Å². The highest BCUT2D eigenvalue weighted by Gasteiger charge is 2.47. The molecule has 3 heterocycles. The number of cyclic esters (lactones) is 1. The summed E-state index contributed by atoms with van der Waals surface area (Å²) in [5.74, 6) is -1.09. The summed E-state index contributed by atoms with van der Waals surface area (Å²) in [4.78, 5) is 44.7. The van der Waals surface area contributed by atoms with E-state index in [-0.39, 0.29) is 19.0 Å². The molecule has 1 fully saturated rings. The number of hydrogen-bond donors (Lipinski definition) is 2. The molecule has 192 valence electrons. The first-order valence-electron chi connectivity index (χ1n) is 11.8. The summed E-state index contributed by atoms with van der Waals surface area (Å²) in [7, 11) is 0. The number of nitrogens with one attached hydrogen (secondary N) is 2. The van der Waals surface area contributed by atoms with Gasteiger partial charge in [-0.2, -0.15) is 0 Å². The molecule has 0 spiro atoms. The van der Waals surface area contributed by atoms with E-state index in [4.69, 9.17) is 4.74 Å². The van der Waals surface area contributed by atoms with Crippen LogP contribution in [0.15, 0.2) is 90.6 Å². The smallest absolute Gasteiger partial charge is 0.411 e. The zero-order valence-corrected chi connectivity index (χ0v) is 20.9. The number of carbonyl (C=O) groups is 3. The minimum Gasteiger partial charge on any atom is -0.438 e. The van der Waals surface area contributed by atoms with E-state index in [1.165, 1.54) is 28.4 Å². The van der Waals surface area contributed by atoms with Crippen molar-refractivity contribution in [1.82, 2.24) is 15.2 Å². The number of aromatic nitrogens is 1. The minimum atomic E-state index is -1.01. The number of halogens is 1. The molecule has 0 saturated carbocycles. The zero-order valence-electron chi connectivity index (χ0n) is 20.0. The number of carbonyl (C=O) groups excluding carboxylic acids is 3. The molecule has 2 aromatic heterocycles. The number of nitrogens with zero attached hydrogens (tertiary/aromatic N) is 2. The van der Waals surface area contributed by atoms with Gasteiger partial charge < -0.3 is 15.4 Å². The lowest BCUT2D eigenvalue weighted by Gasteiger charge is -2.24. The monoisotopic (exact) mass is 530 g/mol. The van der Waals surface area contributed by atoms with Crippen molar-refractivity contribution in [1.29, 1.82) is 0 Å². The van der Waals surface area contributed by atoms with E-state index in [1.807, 2.05) is 11.4 Å². The van der Waals surface area contributed by atoms with Crippen molar-refractivity contribution in [3.05, 3.63) is 118 Å². The number of pyridine rings is 1. The Hall–Kier alpha value is -4.57. The molecule has 10 heteroatoms. The van der Waals surface area contributed by atoms with Crippen LogP contribution in [0.5, 0.6) is 0 Å². The maximum absolute atomic E-state index is 13.8. The van der Waals surface area contributed by atoms with Gasteiger partial charge in [0.15, 0.2) is 12.1 Å². The molecule has 8 nitrogen and oxygen atoms in total. The van der Waals surface area contributed by atoms with Crippen molar-refractivity contribution < 1.29 is 23.5 Å². The summed E-state index contributed by atoms with van der Waals surface area (Å²) in [6.07, 6.45) is 1.68. The number of anilines is 1. The molecule has 0 aliphatic carbocycles. The molecule has 1 aliphatic rings. The van der Waals surface area contributed by atoms with Gasteiger partial charge in [-0.15, -0.1) is 11.3 Å². The van der Waals surface area contributed by atoms with Crippen LogP contribution in [0.1, 0.15) is 32.5 Å². The summed E-state index contributed by atoms with van der Waals surface area (Å²) in [6.45, 7) is 0.207. The van der Waals surface area contributed by atoms with E-state index in [0.29, 0.717) is 21.7 Å². The molecule has 5 rings (SSSR count). The van der Waals surface area contributed by atoms with E-state index < -0.39 is 30.0 Å². The topological polar surface area (TPSA) is 101 Å². The third kappa shape index (κ3) is 5.70. The molecule has 2 atom stereocenters. The van der Waals surface area contributed by atoms with Gasteiger partial charge in [-0.05, 0) is 58.5 Å². The van der Waals surface area contributed by atoms with Crippen LogP contribution >= 0.6 is 11.3 Å². The SMILES string of the molecule is O=C(Nc1ccc([C@@H]2OC(=O)N(Cc3cccc(F)c3)[C@H]2C(=O)NCc2cccnc2)cc1)c1cccs1. The summed E-state index contributed by atoms with van der Waals surface area (Å²) in [5.41, 5.74) is 2.46. The first-order chi connectivity index (χ1) is 18.5. The first-order valence-corrected chi connectivity index (χ1v) is 12.7. The van der Waals surface area contributed by atoms with Crippen LogP contribution in [-0.4, -0.2) is 33.8 Å². The lowest BCUT2D eigenvalue weighted by atomic mass is 10.00. The van der Waals surface area contributed by atoms with Crippen LogP contribution in [0.3, 0.4) is 0 Å². The fourth-order valence-corrected chi connectivity index (χ4v) is 4.81. The molecular formula is C28H23FN4O4S. The Labute approximate surface area is 222 Å². The molecule has 2 aromatic carbocycles. The van der Waals surface area contributed by atoms with Gasteiger partial charge in [0.05, 0.1) is 11.4 Å². The fraction of sp³-hybridized carbons (Fsp3) is 0.143. The highest BCUT2D eigenvalue weighted by molar-refractivity contribution is 7.12. The van der Waals surface area contributed by atoms with E-state index in [0.717, 1.165) is 5.56 Å². The Morgan fingerprint density at radius 2 is 1.84 bits per heavy atom. The number of rotatable bonds is 8. The van der Waals surface area contributed by atoms with Gasteiger partial charge in [0, 0.05) is 24.6 Å². The van der Waals surface area contributed by atoms with Gasteiger partial charge in [-0.3, -0.25) is 19.5 Å². The van der Waals surface area contributed by atoms with Crippen molar-refractivity contribution in [2.24, 2.45) is 0 Å². The maximum Gasteiger partial charge on any atom is 0.411 e. The summed E-state index contributed by atoms with van der Waals surface area (Å²) in [6, 6.07) is 18.8. The van der Waals surface area contributed by atoms with Crippen molar-refractivity contribution in [2.45, 2.75) is 25.2 Å². The summed E-state index contributed by atoms with van der Waals surface area (Å²) in [5, 5.41) is 7.50. The lowest BCUT2D eigenvalue weighted by Crippen LogP contribution is -2.46. The molecule has 0 radical (unpaired) electrons. The lowest BCUT2D eigenvalue weighted by molar-refractivity contribution is -0.126. The van der Waals surface area contributed by atoms with Crippen molar-refractivity contribution in [2.75, 3.05) is 5.32 Å². The molecule has 4 aromatic rings. The average molecular weight is 531 g/mol. The van der Waals surface area contributed by atoms with E-state index in [2.05, 4.69) is 15.6 Å². The molecular weight excluding hydrogens is 507 g/mol. The quantitative estimate of drug-likeness (QED) is 0.337. The third-order valence-electron chi connectivity index (χ3n) is 6.03. The fourth-order valence-electron chi connectivity index (χ4n) is 4.20. The highest BCUT2D eigenvalue weighted by Crippen LogP contribution is 2.34. The number of benzene rings is 2. The van der Waals surface area contributed by atoms with Gasteiger partial charge in [-0.1, -0.05) is 36.4 Å². The minimum absolute atomic E-state index is 0.00692. The predicted octanol–water partition coefficient (Wildman–Crippen LogP) is 4.91. The van der Waals surface area contributed by atoms with E-state index in [9.17, 15) is 18.8 Å². The number of amides is 3. The molecule has 1 saturated heterocycles. The highest BCUT2D eigenvalue weighted by atomic mass is 32.1. The molecule has 1 aliphatic heterocycles. The Kier molecular flexibility index (Phi) is 7.41. The van der Waals surface area contributed by atoms with Crippen molar-refractivity contribution in [3.63, 3.8) is 0 Å². The number of thiophene rings is 1. The van der Waals surface area contributed by atoms with Crippen molar-refractivity contribution >= 4 is 34.9 Å². The predicted molar refractivity (Wildman–Crippen MR) is 140 cm³/mol. The van der Waals surface area contributed by atoms with Gasteiger partial charge in [0.2, 0.25) is 5.91 Å². The van der Waals surface area contributed by atoms with Crippen LogP contribution in [-0.2, 0) is 22.6 Å². The number of hydrogen-bond acceptors (Lipinski definition) is 6. The second-order valence-corrected chi connectivity index (χ2v) is 9.59. The van der Waals surface area contributed by atoms with E-state index >= 15 is 0 Å². The molecule has 3 amide bonds. The molecule has 2 N–H and O–H groups in total. The molecule has 38 heavy (non-hydrogen) atoms. The first kappa shape index (κ1) is 25.1. The van der Waals surface area contributed by atoms with Crippen LogP contribution in [0.25, 0.3) is 0 Å². The van der Waals surface area contributed by atoms with Gasteiger partial charge in [0.1, 0.15) is 5.82 Å². The zero-order chi connectivity index (χ0) is 26.5. The van der Waals surface area contributed by atoms with Gasteiger partial charge in [0.25, 0.3) is 5.91 Å². The van der Waals surface area contributed by atoms with Gasteiger partial charge in [-0.25, -0.2) is 9.18 Å². The Bertz CT molecular complexity index is 1430. The van der Waals surface area contributed by atoms with Gasteiger partial charge >= 0.3 is 6.09 Å². The second kappa shape index (κ2) is 11.2. The molecule has 0 bridgehead atoms. The maximum atomic E-state index is 13.8. The van der Waals surface area contributed by atoms with E-state index in [1.54, 1.807) is 67.0 Å². The van der Waals surface area contributed by atoms with Crippen LogP contribution in [0.4, 0.5) is 14.9 Å². The summed E-state index contributed by atoms with van der Waals surface area (Å²) >= 11 is 1.34. The third-order valence-corrected chi connectivity index (χ3v) is 6.90. The standard InChI is InChI=1S/C28H23FN4O4S/c29-21-6-1-4-18(14-21)17-33-24(27(35)31-16-19-5-2-12-30-15-19)25(37-28(33)36)20-8-10-22(11-9-20)32-26(34)23-7-3-13-38-23/h1-15,24-25H,16-17H2,(H,31,35)(H,32,34)/t24-,25+/m1/s1. The summed E-state index contributed by atoms with van der Waals surface area (Å²) < 4.78 is 19.5.